The number of aldehydes is 1. The van der Waals surface area contributed by atoms with E-state index >= 15 is 0 Å². The second kappa shape index (κ2) is 11.3. The zero-order valence-corrected chi connectivity index (χ0v) is 28.6. The molecule has 0 aromatic heterocycles. The molecule has 0 radical (unpaired) electrons. The van der Waals surface area contributed by atoms with Crippen LogP contribution in [-0.2, 0) is 19.1 Å². The number of carbonyl (C=O) groups excluding carboxylic acids is 2. The lowest BCUT2D eigenvalue weighted by atomic mass is 9.33. The van der Waals surface area contributed by atoms with Crippen LogP contribution in [0.25, 0.3) is 0 Å². The lowest BCUT2D eigenvalue weighted by Gasteiger charge is -2.71. The van der Waals surface area contributed by atoms with E-state index in [4.69, 9.17) is 9.47 Å². The molecule has 1 saturated heterocycles. The van der Waals surface area contributed by atoms with E-state index in [0.717, 1.165) is 18.3 Å². The van der Waals surface area contributed by atoms with Crippen LogP contribution in [0, 0.1) is 50.7 Å². The summed E-state index contributed by atoms with van der Waals surface area (Å²) < 4.78 is 11.4. The average Bonchev–Trinajstić information content (AvgIpc) is 3.02. The van der Waals surface area contributed by atoms with Gasteiger partial charge >= 0.3 is 5.97 Å². The van der Waals surface area contributed by atoms with Gasteiger partial charge in [-0.3, -0.25) is 4.79 Å². The molecule has 6 aliphatic rings. The van der Waals surface area contributed by atoms with Gasteiger partial charge in [0, 0.05) is 5.92 Å². The Morgan fingerprint density at radius 1 is 0.957 bits per heavy atom. The van der Waals surface area contributed by atoms with Crippen LogP contribution in [0.3, 0.4) is 0 Å². The number of carbonyl (C=O) groups is 2. The molecule has 266 valence electrons. The van der Waals surface area contributed by atoms with E-state index in [9.17, 15) is 45.3 Å². The Kier molecular flexibility index (Phi) is 8.50. The number of allylic oxidation sites excluding steroid dienone is 1. The number of aliphatic hydroxyl groups excluding tert-OH is 6. The molecule has 11 nitrogen and oxygen atoms in total. The minimum atomic E-state index is -1.73. The number of hydrogen-bond acceptors (Lipinski definition) is 11. The molecule has 11 heteroatoms. The highest BCUT2D eigenvalue weighted by molar-refractivity contribution is 5.79. The quantitative estimate of drug-likeness (QED) is 0.131. The van der Waals surface area contributed by atoms with Gasteiger partial charge in [0.05, 0.1) is 35.2 Å². The molecule has 6 rings (SSSR count). The number of hydrogen-bond donors (Lipinski definition) is 7. The molecule has 0 unspecified atom stereocenters. The minimum absolute atomic E-state index is 0.0726. The zero-order chi connectivity index (χ0) is 34.7. The standard InChI is InChI=1S/C36H56O11/c1-18-9-12-36(30(44)47-29-26(42)25(41)24(40)21(16-37)46-29)14-13-33(4)19(27(36)35(18,6)45)7-8-23-31(2)15-20(39)28(43)32(3,17-38)22(31)10-11-34(23,33)5/h7,17-18,20-29,37,39-43,45H,8-16H2,1-6H3/t18-,20-,21-,22-,23-,24-,25+,26-,27-,28+,29+,31+,32-,33-,34-,35-,36+/m1/s1. The SMILES string of the molecule is C[C@@H]1CC[C@]2(C(=O)O[C@@H]3O[C@H](CO)[C@@H](O)[C@H](O)[C@H]3O)CC[C@]3(C)C(=CC[C@@H]4[C@@]5(C)C[C@@H](O)[C@H](O)[C@](C)(C=O)[C@@H]5CC[C@]43C)[C@@H]2[C@]1(C)O. The first kappa shape index (κ1) is 35.4. The molecule has 5 fully saturated rings. The smallest absolute Gasteiger partial charge is 0.315 e. The average molecular weight is 665 g/mol. The molecule has 0 amide bonds. The lowest BCUT2D eigenvalue weighted by molar-refractivity contribution is -0.299. The third-order valence-corrected chi connectivity index (χ3v) is 15.5. The summed E-state index contributed by atoms with van der Waals surface area (Å²) in [5, 5.41) is 75.5. The van der Waals surface area contributed by atoms with Crippen molar-refractivity contribution in [3.63, 3.8) is 0 Å². The first-order chi connectivity index (χ1) is 21.8. The van der Waals surface area contributed by atoms with Crippen LogP contribution < -0.4 is 0 Å². The van der Waals surface area contributed by atoms with Crippen molar-refractivity contribution >= 4 is 12.3 Å². The highest BCUT2D eigenvalue weighted by Gasteiger charge is 2.72. The first-order valence-electron chi connectivity index (χ1n) is 17.6. The number of fused-ring (bicyclic) bond motifs is 7. The molecule has 17 atom stereocenters. The van der Waals surface area contributed by atoms with Crippen LogP contribution in [0.15, 0.2) is 11.6 Å². The number of esters is 1. The maximum atomic E-state index is 14.5. The topological polar surface area (TPSA) is 194 Å². The van der Waals surface area contributed by atoms with E-state index in [0.29, 0.717) is 44.9 Å². The summed E-state index contributed by atoms with van der Waals surface area (Å²) in [5.41, 5.74) is -3.68. The predicted octanol–water partition coefficient (Wildman–Crippen LogP) is 1.61. The Bertz CT molecular complexity index is 1300. The molecule has 0 spiro atoms. The Labute approximate surface area is 277 Å². The van der Waals surface area contributed by atoms with Gasteiger partial charge < -0.3 is 50.0 Å². The predicted molar refractivity (Wildman–Crippen MR) is 168 cm³/mol. The van der Waals surface area contributed by atoms with Gasteiger partial charge in [-0.1, -0.05) is 46.3 Å². The van der Waals surface area contributed by atoms with Crippen LogP contribution in [0.2, 0.25) is 0 Å². The fraction of sp³-hybridized carbons (Fsp3) is 0.889. The molecule has 7 N–H and O–H groups in total. The van der Waals surface area contributed by atoms with Crippen molar-refractivity contribution in [2.45, 2.75) is 141 Å². The fourth-order valence-electron chi connectivity index (χ4n) is 12.2. The first-order valence-corrected chi connectivity index (χ1v) is 17.6. The Hall–Kier alpha value is -1.44. The van der Waals surface area contributed by atoms with Crippen LogP contribution >= 0.6 is 0 Å². The second-order valence-electron chi connectivity index (χ2n) is 17.4. The van der Waals surface area contributed by atoms with Crippen LogP contribution in [-0.4, -0.2) is 103 Å². The largest absolute Gasteiger partial charge is 0.432 e. The molecule has 1 heterocycles. The molecule has 0 aromatic carbocycles. The van der Waals surface area contributed by atoms with Crippen LogP contribution in [0.5, 0.6) is 0 Å². The lowest BCUT2D eigenvalue weighted by Crippen LogP contribution is -2.69. The van der Waals surface area contributed by atoms with E-state index in [2.05, 4.69) is 26.8 Å². The normalized spacial score (nSPS) is 57.4. The van der Waals surface area contributed by atoms with Crippen LogP contribution in [0.4, 0.5) is 0 Å². The van der Waals surface area contributed by atoms with E-state index in [-0.39, 0.29) is 23.2 Å². The summed E-state index contributed by atoms with van der Waals surface area (Å²) in [5.74, 6) is -1.43. The van der Waals surface area contributed by atoms with Crippen molar-refractivity contribution in [2.24, 2.45) is 50.7 Å². The molecule has 4 saturated carbocycles. The third kappa shape index (κ3) is 4.52. The Morgan fingerprint density at radius 2 is 1.64 bits per heavy atom. The summed E-state index contributed by atoms with van der Waals surface area (Å²) in [6, 6.07) is 0. The van der Waals surface area contributed by atoms with Crippen molar-refractivity contribution in [2.75, 3.05) is 6.61 Å². The van der Waals surface area contributed by atoms with E-state index in [1.165, 1.54) is 0 Å². The Balaban J connectivity index is 1.40. The fourth-order valence-corrected chi connectivity index (χ4v) is 12.2. The van der Waals surface area contributed by atoms with Gasteiger partial charge in [-0.25, -0.2) is 0 Å². The van der Waals surface area contributed by atoms with Gasteiger partial charge in [0.1, 0.15) is 30.7 Å². The van der Waals surface area contributed by atoms with Crippen molar-refractivity contribution in [3.8, 4) is 0 Å². The zero-order valence-electron chi connectivity index (χ0n) is 28.6. The summed E-state index contributed by atoms with van der Waals surface area (Å²) in [4.78, 5) is 27.0. The molecular formula is C36H56O11. The van der Waals surface area contributed by atoms with Gasteiger partial charge in [-0.05, 0) is 92.3 Å². The van der Waals surface area contributed by atoms with Gasteiger partial charge in [0.2, 0.25) is 6.29 Å². The number of aliphatic hydroxyl groups is 7. The van der Waals surface area contributed by atoms with Crippen molar-refractivity contribution in [1.29, 1.82) is 0 Å². The van der Waals surface area contributed by atoms with Gasteiger partial charge in [0.25, 0.3) is 0 Å². The summed E-state index contributed by atoms with van der Waals surface area (Å²) >= 11 is 0. The highest BCUT2D eigenvalue weighted by Crippen LogP contribution is 2.76. The minimum Gasteiger partial charge on any atom is -0.432 e. The number of ether oxygens (including phenoxy) is 2. The van der Waals surface area contributed by atoms with E-state index in [1.807, 2.05) is 6.92 Å². The molecule has 0 aromatic rings. The second-order valence-corrected chi connectivity index (χ2v) is 17.4. The highest BCUT2D eigenvalue weighted by atomic mass is 16.7. The molecule has 5 aliphatic carbocycles. The van der Waals surface area contributed by atoms with Crippen molar-refractivity contribution < 1.29 is 54.8 Å². The van der Waals surface area contributed by atoms with Crippen molar-refractivity contribution in [3.05, 3.63) is 11.6 Å². The summed E-state index contributed by atoms with van der Waals surface area (Å²) in [6.45, 7) is 11.6. The van der Waals surface area contributed by atoms with Gasteiger partial charge in [-0.2, -0.15) is 0 Å². The third-order valence-electron chi connectivity index (χ3n) is 15.5. The van der Waals surface area contributed by atoms with E-state index < -0.39 is 88.7 Å². The molecule has 47 heavy (non-hydrogen) atoms. The molecule has 0 bridgehead atoms. The Morgan fingerprint density at radius 3 is 2.28 bits per heavy atom. The maximum Gasteiger partial charge on any atom is 0.315 e. The summed E-state index contributed by atoms with van der Waals surface area (Å²) in [6.07, 6.45) is -2.41. The van der Waals surface area contributed by atoms with Gasteiger partial charge in [0.15, 0.2) is 0 Å². The van der Waals surface area contributed by atoms with Gasteiger partial charge in [-0.15, -0.1) is 0 Å². The number of rotatable bonds is 4. The van der Waals surface area contributed by atoms with Crippen LogP contribution in [0.1, 0.15) is 92.9 Å². The molecule has 1 aliphatic heterocycles. The monoisotopic (exact) mass is 664 g/mol. The maximum absolute atomic E-state index is 14.5. The van der Waals surface area contributed by atoms with E-state index in [1.54, 1.807) is 13.8 Å². The summed E-state index contributed by atoms with van der Waals surface area (Å²) in [7, 11) is 0. The molecular weight excluding hydrogens is 608 g/mol. The van der Waals surface area contributed by atoms with Crippen molar-refractivity contribution in [1.82, 2.24) is 0 Å².